The van der Waals surface area contributed by atoms with E-state index in [1.165, 1.54) is 11.3 Å². The molecule has 3 rings (SSSR count). The van der Waals surface area contributed by atoms with Gasteiger partial charge in [-0.3, -0.25) is 4.68 Å². The van der Waals surface area contributed by atoms with Gasteiger partial charge in [0, 0.05) is 32.7 Å². The van der Waals surface area contributed by atoms with Crippen molar-refractivity contribution in [3.8, 4) is 0 Å². The number of hydrogen-bond donors (Lipinski definition) is 1. The average molecular weight is 350 g/mol. The van der Waals surface area contributed by atoms with Crippen LogP contribution in [0.25, 0.3) is 0 Å². The molecule has 2 aromatic rings. The summed E-state index contributed by atoms with van der Waals surface area (Å²) in [6, 6.07) is 6.29. The SMILES string of the molecule is Cc1nn(C)c(CC(O)c2ccc3c(c2)CCN3C)c1Br. The lowest BCUT2D eigenvalue weighted by Crippen LogP contribution is -2.12. The van der Waals surface area contributed by atoms with Gasteiger partial charge in [0.05, 0.1) is 22.0 Å². The van der Waals surface area contributed by atoms with E-state index in [2.05, 4.69) is 45.1 Å². The first-order valence-corrected chi connectivity index (χ1v) is 7.96. The minimum Gasteiger partial charge on any atom is -0.388 e. The van der Waals surface area contributed by atoms with Crippen LogP contribution in [0, 0.1) is 6.92 Å². The number of benzene rings is 1. The van der Waals surface area contributed by atoms with Crippen LogP contribution in [0.4, 0.5) is 5.69 Å². The van der Waals surface area contributed by atoms with E-state index in [0.717, 1.165) is 34.4 Å². The van der Waals surface area contributed by atoms with Crippen LogP contribution in [0.15, 0.2) is 22.7 Å². The summed E-state index contributed by atoms with van der Waals surface area (Å²) in [5.74, 6) is 0. The molecule has 1 aromatic heterocycles. The Morgan fingerprint density at radius 1 is 1.38 bits per heavy atom. The van der Waals surface area contributed by atoms with Crippen molar-refractivity contribution >= 4 is 21.6 Å². The van der Waals surface area contributed by atoms with Crippen LogP contribution in [0.5, 0.6) is 0 Å². The molecule has 0 spiro atoms. The highest BCUT2D eigenvalue weighted by atomic mass is 79.9. The number of nitrogens with zero attached hydrogens (tertiary/aromatic N) is 3. The molecule has 0 saturated carbocycles. The van der Waals surface area contributed by atoms with Gasteiger partial charge in [-0.25, -0.2) is 0 Å². The molecule has 0 bridgehead atoms. The Hall–Kier alpha value is -1.33. The number of aryl methyl sites for hydroxylation is 2. The molecule has 2 heterocycles. The molecule has 1 N–H and O–H groups in total. The zero-order chi connectivity index (χ0) is 15.1. The Morgan fingerprint density at radius 2 is 2.14 bits per heavy atom. The van der Waals surface area contributed by atoms with Gasteiger partial charge in [0.1, 0.15) is 0 Å². The van der Waals surface area contributed by atoms with Crippen LogP contribution in [0.3, 0.4) is 0 Å². The van der Waals surface area contributed by atoms with Gasteiger partial charge in [-0.15, -0.1) is 0 Å². The highest BCUT2D eigenvalue weighted by Crippen LogP contribution is 2.31. The first-order valence-electron chi connectivity index (χ1n) is 7.17. The molecule has 0 fully saturated rings. The van der Waals surface area contributed by atoms with Crippen molar-refractivity contribution in [2.24, 2.45) is 7.05 Å². The molecular formula is C16H20BrN3O. The van der Waals surface area contributed by atoms with Gasteiger partial charge in [-0.2, -0.15) is 5.10 Å². The van der Waals surface area contributed by atoms with Gasteiger partial charge in [0.25, 0.3) is 0 Å². The van der Waals surface area contributed by atoms with Crippen molar-refractivity contribution in [2.45, 2.75) is 25.9 Å². The number of aliphatic hydroxyl groups excluding tert-OH is 1. The molecule has 0 amide bonds. The normalized spacial score (nSPS) is 15.4. The summed E-state index contributed by atoms with van der Waals surface area (Å²) in [6.07, 6.45) is 1.11. The summed E-state index contributed by atoms with van der Waals surface area (Å²) in [7, 11) is 4.02. The summed E-state index contributed by atoms with van der Waals surface area (Å²) in [6.45, 7) is 3.02. The van der Waals surface area contributed by atoms with Crippen molar-refractivity contribution < 1.29 is 5.11 Å². The number of aromatic nitrogens is 2. The lowest BCUT2D eigenvalue weighted by molar-refractivity contribution is 0.175. The molecule has 0 aliphatic carbocycles. The van der Waals surface area contributed by atoms with E-state index < -0.39 is 6.10 Å². The molecule has 1 aliphatic rings. The number of halogens is 1. The van der Waals surface area contributed by atoms with E-state index in [4.69, 9.17) is 0 Å². The number of anilines is 1. The summed E-state index contributed by atoms with van der Waals surface area (Å²) >= 11 is 3.56. The van der Waals surface area contributed by atoms with Gasteiger partial charge in [-0.1, -0.05) is 12.1 Å². The minimum absolute atomic E-state index is 0.507. The van der Waals surface area contributed by atoms with E-state index >= 15 is 0 Å². The number of fused-ring (bicyclic) bond motifs is 1. The third-order valence-electron chi connectivity index (χ3n) is 4.26. The second kappa shape index (κ2) is 5.46. The highest BCUT2D eigenvalue weighted by molar-refractivity contribution is 9.10. The fourth-order valence-corrected chi connectivity index (χ4v) is 3.49. The van der Waals surface area contributed by atoms with E-state index in [1.54, 1.807) is 0 Å². The summed E-state index contributed by atoms with van der Waals surface area (Å²) in [5, 5.41) is 14.9. The molecule has 1 atom stereocenters. The Bertz CT molecular complexity index is 680. The van der Waals surface area contributed by atoms with Crippen LogP contribution < -0.4 is 4.90 Å². The number of aliphatic hydroxyl groups is 1. The van der Waals surface area contributed by atoms with Crippen LogP contribution in [-0.2, 0) is 19.9 Å². The Kier molecular flexibility index (Phi) is 3.80. The molecule has 4 nitrogen and oxygen atoms in total. The smallest absolute Gasteiger partial charge is 0.0845 e. The minimum atomic E-state index is -0.507. The maximum absolute atomic E-state index is 10.6. The molecule has 0 saturated heterocycles. The van der Waals surface area contributed by atoms with Gasteiger partial charge in [0.2, 0.25) is 0 Å². The van der Waals surface area contributed by atoms with Crippen molar-refractivity contribution in [1.29, 1.82) is 0 Å². The number of rotatable bonds is 3. The Morgan fingerprint density at radius 3 is 2.81 bits per heavy atom. The van der Waals surface area contributed by atoms with Gasteiger partial charge in [-0.05, 0) is 46.5 Å². The number of likely N-dealkylation sites (N-methyl/N-ethyl adjacent to an activating group) is 1. The molecule has 1 aliphatic heterocycles. The molecule has 1 aromatic carbocycles. The molecule has 1 unspecified atom stereocenters. The fourth-order valence-electron chi connectivity index (χ4n) is 3.00. The predicted molar refractivity (Wildman–Crippen MR) is 87.7 cm³/mol. The van der Waals surface area contributed by atoms with Crippen molar-refractivity contribution in [1.82, 2.24) is 9.78 Å². The maximum atomic E-state index is 10.6. The zero-order valence-electron chi connectivity index (χ0n) is 12.6. The molecule has 0 radical (unpaired) electrons. The second-order valence-corrected chi connectivity index (χ2v) is 6.54. The van der Waals surface area contributed by atoms with E-state index in [-0.39, 0.29) is 0 Å². The van der Waals surface area contributed by atoms with Crippen molar-refractivity contribution in [2.75, 3.05) is 18.5 Å². The summed E-state index contributed by atoms with van der Waals surface area (Å²) in [5.41, 5.74) is 5.57. The van der Waals surface area contributed by atoms with Crippen LogP contribution in [-0.4, -0.2) is 28.5 Å². The van der Waals surface area contributed by atoms with Crippen LogP contribution in [0.1, 0.15) is 28.6 Å². The number of hydrogen-bond acceptors (Lipinski definition) is 3. The van der Waals surface area contributed by atoms with Gasteiger partial charge in [0.15, 0.2) is 0 Å². The molecule has 5 heteroatoms. The summed E-state index contributed by atoms with van der Waals surface area (Å²) in [4.78, 5) is 2.26. The third-order valence-corrected chi connectivity index (χ3v) is 5.30. The largest absolute Gasteiger partial charge is 0.388 e. The van der Waals surface area contributed by atoms with Gasteiger partial charge >= 0.3 is 0 Å². The van der Waals surface area contributed by atoms with Crippen LogP contribution >= 0.6 is 15.9 Å². The Labute approximate surface area is 133 Å². The van der Waals surface area contributed by atoms with E-state index in [1.807, 2.05) is 24.7 Å². The Balaban J connectivity index is 1.84. The highest BCUT2D eigenvalue weighted by Gasteiger charge is 2.20. The van der Waals surface area contributed by atoms with Gasteiger partial charge < -0.3 is 10.0 Å². The van der Waals surface area contributed by atoms with E-state index in [9.17, 15) is 5.11 Å². The standard InChI is InChI=1S/C16H20BrN3O/c1-10-16(17)14(20(3)18-10)9-15(21)12-4-5-13-11(8-12)6-7-19(13)2/h4-5,8,15,21H,6-7,9H2,1-3H3. The first kappa shape index (κ1) is 14.6. The monoisotopic (exact) mass is 349 g/mol. The molecule has 112 valence electrons. The topological polar surface area (TPSA) is 41.3 Å². The maximum Gasteiger partial charge on any atom is 0.0845 e. The fraction of sp³-hybridized carbons (Fsp3) is 0.438. The average Bonchev–Trinajstić information content (AvgIpc) is 2.94. The lowest BCUT2D eigenvalue weighted by atomic mass is 10.0. The van der Waals surface area contributed by atoms with Crippen molar-refractivity contribution in [3.05, 3.63) is 45.2 Å². The van der Waals surface area contributed by atoms with E-state index in [0.29, 0.717) is 6.42 Å². The third kappa shape index (κ3) is 2.60. The quantitative estimate of drug-likeness (QED) is 0.926. The zero-order valence-corrected chi connectivity index (χ0v) is 14.2. The first-order chi connectivity index (χ1) is 9.97. The van der Waals surface area contributed by atoms with Crippen molar-refractivity contribution in [3.63, 3.8) is 0 Å². The van der Waals surface area contributed by atoms with Crippen LogP contribution in [0.2, 0.25) is 0 Å². The lowest BCUT2D eigenvalue weighted by Gasteiger charge is -2.15. The predicted octanol–water partition coefficient (Wildman–Crippen LogP) is 2.76. The molecule has 21 heavy (non-hydrogen) atoms. The second-order valence-electron chi connectivity index (χ2n) is 5.75. The summed E-state index contributed by atoms with van der Waals surface area (Å²) < 4.78 is 2.83. The molecular weight excluding hydrogens is 330 g/mol.